The Balaban J connectivity index is 1.74. The maximum atomic E-state index is 11.9. The van der Waals surface area contributed by atoms with Gasteiger partial charge in [-0.05, 0) is 17.0 Å². The van der Waals surface area contributed by atoms with Crippen molar-refractivity contribution in [2.24, 2.45) is 0 Å². The van der Waals surface area contributed by atoms with Crippen molar-refractivity contribution in [3.05, 3.63) is 78.4 Å². The molecule has 1 amide bonds. The Morgan fingerprint density at radius 2 is 1.64 bits per heavy atom. The van der Waals surface area contributed by atoms with Crippen LogP contribution in [0.4, 0.5) is 0 Å². The van der Waals surface area contributed by atoms with Crippen LogP contribution in [0.15, 0.2) is 72.8 Å². The number of nitrogens with zero attached hydrogens (tertiary/aromatic N) is 1. The van der Waals surface area contributed by atoms with Gasteiger partial charge >= 0.3 is 0 Å². The lowest BCUT2D eigenvalue weighted by molar-refractivity contribution is -0.130. The molecule has 0 aliphatic heterocycles. The van der Waals surface area contributed by atoms with Gasteiger partial charge in [-0.3, -0.25) is 4.79 Å². The van der Waals surface area contributed by atoms with E-state index in [9.17, 15) is 4.79 Å². The third kappa shape index (κ3) is 4.00. The molecule has 25 heavy (non-hydrogen) atoms. The molecule has 0 radical (unpaired) electrons. The van der Waals surface area contributed by atoms with E-state index >= 15 is 0 Å². The van der Waals surface area contributed by atoms with Crippen molar-refractivity contribution < 1.29 is 9.53 Å². The van der Waals surface area contributed by atoms with Crippen LogP contribution in [-0.4, -0.2) is 24.5 Å². The number of ether oxygens (including phenoxy) is 1. The molecule has 3 rings (SSSR count). The minimum atomic E-state index is 0.00803. The maximum Gasteiger partial charge on any atom is 0.219 e. The van der Waals surface area contributed by atoms with Gasteiger partial charge in [0, 0.05) is 25.8 Å². The molecule has 0 N–H and O–H groups in total. The smallest absolute Gasteiger partial charge is 0.219 e. The average molecular weight is 333 g/mol. The molecule has 3 aromatic carbocycles. The molecule has 3 nitrogen and oxygen atoms in total. The van der Waals surface area contributed by atoms with Crippen LogP contribution in [0, 0.1) is 0 Å². The quantitative estimate of drug-likeness (QED) is 0.647. The highest BCUT2D eigenvalue weighted by atomic mass is 16.5. The summed E-state index contributed by atoms with van der Waals surface area (Å²) in [6.07, 6.45) is 0.739. The van der Waals surface area contributed by atoms with E-state index in [-0.39, 0.29) is 11.9 Å². The zero-order chi connectivity index (χ0) is 17.6. The lowest BCUT2D eigenvalue weighted by atomic mass is 10.0. The molecule has 0 fully saturated rings. The van der Waals surface area contributed by atoms with E-state index in [0.29, 0.717) is 6.61 Å². The monoisotopic (exact) mass is 333 g/mol. The Kier molecular flexibility index (Phi) is 5.34. The Morgan fingerprint density at radius 1 is 0.960 bits per heavy atom. The summed E-state index contributed by atoms with van der Waals surface area (Å²) in [6, 6.07) is 24.4. The molecule has 0 saturated heterocycles. The normalized spacial score (nSPS) is 11.9. The number of carbonyl (C=O) groups is 1. The van der Waals surface area contributed by atoms with E-state index in [4.69, 9.17) is 4.74 Å². The van der Waals surface area contributed by atoms with Crippen LogP contribution in [0.2, 0.25) is 0 Å². The first-order valence-electron chi connectivity index (χ1n) is 8.55. The van der Waals surface area contributed by atoms with Gasteiger partial charge in [0.25, 0.3) is 0 Å². The van der Waals surface area contributed by atoms with Crippen molar-refractivity contribution in [2.45, 2.75) is 19.4 Å². The van der Waals surface area contributed by atoms with Gasteiger partial charge in [-0.25, -0.2) is 0 Å². The van der Waals surface area contributed by atoms with Gasteiger partial charge in [0.05, 0.1) is 12.6 Å². The van der Waals surface area contributed by atoms with Crippen molar-refractivity contribution in [3.8, 4) is 5.75 Å². The Bertz CT molecular complexity index is 840. The topological polar surface area (TPSA) is 29.5 Å². The average Bonchev–Trinajstić information content (AvgIpc) is 2.65. The van der Waals surface area contributed by atoms with Crippen molar-refractivity contribution in [1.82, 2.24) is 4.90 Å². The first-order chi connectivity index (χ1) is 12.2. The van der Waals surface area contributed by atoms with E-state index in [0.717, 1.165) is 23.1 Å². The SMILES string of the molecule is CC(=O)N(C)[C@@H](CCOc1cccc2ccccc12)c1ccccc1. The van der Waals surface area contributed by atoms with E-state index in [1.165, 1.54) is 5.39 Å². The molecule has 0 bridgehead atoms. The van der Waals surface area contributed by atoms with Gasteiger partial charge in [0.1, 0.15) is 5.75 Å². The number of rotatable bonds is 6. The summed E-state index contributed by atoms with van der Waals surface area (Å²) in [5.41, 5.74) is 1.13. The first-order valence-corrected chi connectivity index (χ1v) is 8.55. The summed E-state index contributed by atoms with van der Waals surface area (Å²) in [5.74, 6) is 0.939. The minimum Gasteiger partial charge on any atom is -0.493 e. The zero-order valence-electron chi connectivity index (χ0n) is 14.7. The number of hydrogen-bond acceptors (Lipinski definition) is 2. The molecule has 0 spiro atoms. The molecule has 0 aromatic heterocycles. The molecule has 0 aliphatic carbocycles. The summed E-state index contributed by atoms with van der Waals surface area (Å²) in [6.45, 7) is 2.15. The third-order valence-corrected chi connectivity index (χ3v) is 4.55. The van der Waals surface area contributed by atoms with Gasteiger partial charge in [-0.2, -0.15) is 0 Å². The fraction of sp³-hybridized carbons (Fsp3) is 0.227. The van der Waals surface area contributed by atoms with E-state index in [2.05, 4.69) is 30.3 Å². The molecule has 3 aromatic rings. The summed E-state index contributed by atoms with van der Waals surface area (Å²) in [7, 11) is 1.85. The lowest BCUT2D eigenvalue weighted by Gasteiger charge is -2.28. The van der Waals surface area contributed by atoms with Crippen LogP contribution >= 0.6 is 0 Å². The third-order valence-electron chi connectivity index (χ3n) is 4.55. The van der Waals surface area contributed by atoms with Crippen LogP contribution in [0.1, 0.15) is 24.9 Å². The molecule has 0 saturated carbocycles. The molecule has 0 aliphatic rings. The highest BCUT2D eigenvalue weighted by Gasteiger charge is 2.19. The second-order valence-electron chi connectivity index (χ2n) is 6.17. The van der Waals surface area contributed by atoms with Crippen molar-refractivity contribution in [1.29, 1.82) is 0 Å². The van der Waals surface area contributed by atoms with Crippen molar-refractivity contribution in [3.63, 3.8) is 0 Å². The summed E-state index contributed by atoms with van der Waals surface area (Å²) in [4.78, 5) is 13.6. The molecule has 0 unspecified atom stereocenters. The number of carbonyl (C=O) groups excluding carboxylic acids is 1. The largest absolute Gasteiger partial charge is 0.493 e. The Hall–Kier alpha value is -2.81. The van der Waals surface area contributed by atoms with Gasteiger partial charge < -0.3 is 9.64 Å². The molecular weight excluding hydrogens is 310 g/mol. The van der Waals surface area contributed by atoms with Crippen molar-refractivity contribution >= 4 is 16.7 Å². The second kappa shape index (κ2) is 7.84. The van der Waals surface area contributed by atoms with Crippen LogP contribution in [0.5, 0.6) is 5.75 Å². The molecule has 0 heterocycles. The fourth-order valence-electron chi connectivity index (χ4n) is 3.08. The number of fused-ring (bicyclic) bond motifs is 1. The van der Waals surface area contributed by atoms with Crippen LogP contribution in [-0.2, 0) is 4.79 Å². The van der Waals surface area contributed by atoms with Crippen LogP contribution in [0.25, 0.3) is 10.8 Å². The summed E-state index contributed by atoms with van der Waals surface area (Å²) >= 11 is 0. The second-order valence-corrected chi connectivity index (χ2v) is 6.17. The van der Waals surface area contributed by atoms with Crippen LogP contribution in [0.3, 0.4) is 0 Å². The van der Waals surface area contributed by atoms with E-state index < -0.39 is 0 Å². The number of amides is 1. The van der Waals surface area contributed by atoms with E-state index in [1.54, 1.807) is 11.8 Å². The fourth-order valence-corrected chi connectivity index (χ4v) is 3.08. The van der Waals surface area contributed by atoms with Crippen molar-refractivity contribution in [2.75, 3.05) is 13.7 Å². The van der Waals surface area contributed by atoms with Crippen LogP contribution < -0.4 is 4.74 Å². The lowest BCUT2D eigenvalue weighted by Crippen LogP contribution is -2.30. The zero-order valence-corrected chi connectivity index (χ0v) is 14.7. The van der Waals surface area contributed by atoms with Gasteiger partial charge in [0.2, 0.25) is 5.91 Å². The van der Waals surface area contributed by atoms with Gasteiger partial charge in [-0.1, -0.05) is 66.7 Å². The predicted molar refractivity (Wildman–Crippen MR) is 102 cm³/mol. The molecule has 3 heteroatoms. The summed E-state index contributed by atoms with van der Waals surface area (Å²) in [5, 5.41) is 2.28. The van der Waals surface area contributed by atoms with Gasteiger partial charge in [0.15, 0.2) is 0 Å². The molecule has 1 atom stereocenters. The van der Waals surface area contributed by atoms with Gasteiger partial charge in [-0.15, -0.1) is 0 Å². The Labute approximate surface area is 148 Å². The predicted octanol–water partition coefficient (Wildman–Crippen LogP) is 4.83. The first kappa shape index (κ1) is 17.0. The standard InChI is InChI=1S/C22H23NO2/c1-17(24)23(2)21(19-10-4-3-5-11-19)15-16-25-22-14-8-12-18-9-6-7-13-20(18)22/h3-14,21H,15-16H2,1-2H3/t21-/m0/s1. The molecule has 128 valence electrons. The highest BCUT2D eigenvalue weighted by Crippen LogP contribution is 2.27. The molecular formula is C22H23NO2. The minimum absolute atomic E-state index is 0.00803. The number of benzene rings is 3. The maximum absolute atomic E-state index is 11.9. The van der Waals surface area contributed by atoms with E-state index in [1.807, 2.05) is 49.5 Å². The highest BCUT2D eigenvalue weighted by molar-refractivity contribution is 5.88. The Morgan fingerprint density at radius 3 is 2.40 bits per heavy atom. The summed E-state index contributed by atoms with van der Waals surface area (Å²) < 4.78 is 6.06. The number of hydrogen-bond donors (Lipinski definition) is 0.